The molecule has 1 saturated heterocycles. The molecule has 0 spiro atoms. The molecule has 21 heavy (non-hydrogen) atoms. The molecule has 0 N–H and O–H groups in total. The molecule has 2 heterocycles. The van der Waals surface area contributed by atoms with E-state index in [0.717, 1.165) is 38.0 Å². The Hall–Kier alpha value is -2.10. The molecule has 1 aliphatic rings. The Morgan fingerprint density at radius 1 is 1.05 bits per heavy atom. The number of benzene rings is 1. The molecule has 0 saturated carbocycles. The van der Waals surface area contributed by atoms with Crippen LogP contribution in [-0.4, -0.2) is 33.4 Å². The third kappa shape index (κ3) is 3.51. The topological polar surface area (TPSA) is 38.1 Å². The maximum atomic E-state index is 12.5. The van der Waals surface area contributed by atoms with Crippen molar-refractivity contribution in [3.05, 3.63) is 54.1 Å². The lowest BCUT2D eigenvalue weighted by Gasteiger charge is -2.20. The van der Waals surface area contributed by atoms with Gasteiger partial charge in [-0.05, 0) is 30.5 Å². The first-order valence-corrected chi connectivity index (χ1v) is 7.67. The highest BCUT2D eigenvalue weighted by Crippen LogP contribution is 2.14. The zero-order valence-electron chi connectivity index (χ0n) is 12.2. The van der Waals surface area contributed by atoms with Crippen molar-refractivity contribution < 1.29 is 4.79 Å². The quantitative estimate of drug-likeness (QED) is 0.868. The smallest absolute Gasteiger partial charge is 0.253 e. The average Bonchev–Trinajstić information content (AvgIpc) is 2.87. The molecule has 0 aliphatic carbocycles. The zero-order chi connectivity index (χ0) is 14.5. The summed E-state index contributed by atoms with van der Waals surface area (Å²) in [5.41, 5.74) is 1.98. The third-order valence-corrected chi connectivity index (χ3v) is 4.02. The first kappa shape index (κ1) is 13.9. The van der Waals surface area contributed by atoms with Gasteiger partial charge in [0.05, 0.1) is 6.33 Å². The lowest BCUT2D eigenvalue weighted by atomic mass is 10.1. The summed E-state index contributed by atoms with van der Waals surface area (Å²) in [6, 6.07) is 7.95. The van der Waals surface area contributed by atoms with Crippen LogP contribution in [0, 0.1) is 0 Å². The number of likely N-dealkylation sites (tertiary alicyclic amines) is 1. The average molecular weight is 283 g/mol. The van der Waals surface area contributed by atoms with Crippen LogP contribution in [0.4, 0.5) is 0 Å². The molecule has 0 unspecified atom stereocenters. The SMILES string of the molecule is O=C(c1ccc(Cn2ccnc2)cc1)N1CCCCCC1. The molecule has 110 valence electrons. The number of carbonyl (C=O) groups excluding carboxylic acids is 1. The minimum absolute atomic E-state index is 0.172. The normalized spacial score (nSPS) is 15.7. The first-order chi connectivity index (χ1) is 10.3. The summed E-state index contributed by atoms with van der Waals surface area (Å²) in [5.74, 6) is 0.172. The second kappa shape index (κ2) is 6.57. The Bertz CT molecular complexity index is 567. The van der Waals surface area contributed by atoms with Gasteiger partial charge in [0, 0.05) is 37.6 Å². The fourth-order valence-corrected chi connectivity index (χ4v) is 2.80. The van der Waals surface area contributed by atoms with Crippen molar-refractivity contribution in [3.8, 4) is 0 Å². The molecular weight excluding hydrogens is 262 g/mol. The highest BCUT2D eigenvalue weighted by molar-refractivity contribution is 5.94. The van der Waals surface area contributed by atoms with Crippen LogP contribution in [0.3, 0.4) is 0 Å². The van der Waals surface area contributed by atoms with Crippen molar-refractivity contribution >= 4 is 5.91 Å². The fourth-order valence-electron chi connectivity index (χ4n) is 2.80. The lowest BCUT2D eigenvalue weighted by molar-refractivity contribution is 0.0761. The van der Waals surface area contributed by atoms with Gasteiger partial charge in [-0.25, -0.2) is 4.98 Å². The summed E-state index contributed by atoms with van der Waals surface area (Å²) in [7, 11) is 0. The summed E-state index contributed by atoms with van der Waals surface area (Å²) < 4.78 is 2.02. The van der Waals surface area contributed by atoms with Crippen LogP contribution in [0.15, 0.2) is 43.0 Å². The van der Waals surface area contributed by atoms with Crippen LogP contribution in [-0.2, 0) is 6.54 Å². The maximum absolute atomic E-state index is 12.5. The van der Waals surface area contributed by atoms with Gasteiger partial charge in [-0.2, -0.15) is 0 Å². The predicted molar refractivity (Wildman–Crippen MR) is 82.1 cm³/mol. The van der Waals surface area contributed by atoms with E-state index < -0.39 is 0 Å². The predicted octanol–water partition coefficient (Wildman–Crippen LogP) is 2.95. The van der Waals surface area contributed by atoms with Crippen molar-refractivity contribution in [2.75, 3.05) is 13.1 Å². The van der Waals surface area contributed by atoms with Gasteiger partial charge in [0.1, 0.15) is 0 Å². The number of aromatic nitrogens is 2. The number of nitrogens with zero attached hydrogens (tertiary/aromatic N) is 3. The molecular formula is C17H21N3O. The monoisotopic (exact) mass is 283 g/mol. The van der Waals surface area contributed by atoms with Crippen molar-refractivity contribution in [2.45, 2.75) is 32.2 Å². The first-order valence-electron chi connectivity index (χ1n) is 7.67. The Morgan fingerprint density at radius 3 is 2.38 bits per heavy atom. The number of carbonyl (C=O) groups is 1. The molecule has 1 aliphatic heterocycles. The van der Waals surface area contributed by atoms with Gasteiger partial charge in [0.25, 0.3) is 5.91 Å². The Labute approximate surface area is 125 Å². The maximum Gasteiger partial charge on any atom is 0.253 e. The summed E-state index contributed by atoms with van der Waals surface area (Å²) in [6.07, 6.45) is 10.3. The number of rotatable bonds is 3. The van der Waals surface area contributed by atoms with Crippen molar-refractivity contribution in [3.63, 3.8) is 0 Å². The molecule has 1 aromatic heterocycles. The van der Waals surface area contributed by atoms with E-state index in [4.69, 9.17) is 0 Å². The molecule has 4 heteroatoms. The molecule has 0 bridgehead atoms. The van der Waals surface area contributed by atoms with E-state index in [9.17, 15) is 4.79 Å². The van der Waals surface area contributed by atoms with Gasteiger partial charge in [0.2, 0.25) is 0 Å². The molecule has 3 rings (SSSR count). The summed E-state index contributed by atoms with van der Waals surface area (Å²) in [5, 5.41) is 0. The Balaban J connectivity index is 1.66. The molecule has 1 fully saturated rings. The van der Waals surface area contributed by atoms with E-state index in [1.807, 2.05) is 39.9 Å². The zero-order valence-corrected chi connectivity index (χ0v) is 12.2. The van der Waals surface area contributed by atoms with Gasteiger partial charge in [-0.15, -0.1) is 0 Å². The van der Waals surface area contributed by atoms with Gasteiger partial charge < -0.3 is 9.47 Å². The molecule has 4 nitrogen and oxygen atoms in total. The van der Waals surface area contributed by atoms with Gasteiger partial charge >= 0.3 is 0 Å². The van der Waals surface area contributed by atoms with Gasteiger partial charge in [-0.1, -0.05) is 25.0 Å². The second-order valence-corrected chi connectivity index (χ2v) is 5.64. The number of hydrogen-bond donors (Lipinski definition) is 0. The molecule has 1 amide bonds. The summed E-state index contributed by atoms with van der Waals surface area (Å²) in [6.45, 7) is 2.59. The van der Waals surface area contributed by atoms with Crippen molar-refractivity contribution in [2.24, 2.45) is 0 Å². The van der Waals surface area contributed by atoms with Crippen molar-refractivity contribution in [1.82, 2.24) is 14.5 Å². The van der Waals surface area contributed by atoms with E-state index in [1.54, 1.807) is 12.5 Å². The van der Waals surface area contributed by atoms with Crippen LogP contribution in [0.25, 0.3) is 0 Å². The largest absolute Gasteiger partial charge is 0.339 e. The van der Waals surface area contributed by atoms with E-state index >= 15 is 0 Å². The minimum Gasteiger partial charge on any atom is -0.339 e. The molecule has 2 aromatic rings. The van der Waals surface area contributed by atoms with Crippen LogP contribution < -0.4 is 0 Å². The highest BCUT2D eigenvalue weighted by atomic mass is 16.2. The molecule has 0 radical (unpaired) electrons. The van der Waals surface area contributed by atoms with E-state index in [-0.39, 0.29) is 5.91 Å². The Kier molecular flexibility index (Phi) is 4.34. The van der Waals surface area contributed by atoms with Crippen molar-refractivity contribution in [1.29, 1.82) is 0 Å². The number of hydrogen-bond acceptors (Lipinski definition) is 2. The van der Waals surface area contributed by atoms with E-state index in [2.05, 4.69) is 4.98 Å². The van der Waals surface area contributed by atoms with Gasteiger partial charge in [-0.3, -0.25) is 4.79 Å². The number of imidazole rings is 1. The third-order valence-electron chi connectivity index (χ3n) is 4.02. The minimum atomic E-state index is 0.172. The van der Waals surface area contributed by atoms with E-state index in [1.165, 1.54) is 18.4 Å². The van der Waals surface area contributed by atoms with Crippen LogP contribution >= 0.6 is 0 Å². The second-order valence-electron chi connectivity index (χ2n) is 5.64. The summed E-state index contributed by atoms with van der Waals surface area (Å²) in [4.78, 5) is 18.5. The fraction of sp³-hybridized carbons (Fsp3) is 0.412. The van der Waals surface area contributed by atoms with Crippen LogP contribution in [0.5, 0.6) is 0 Å². The summed E-state index contributed by atoms with van der Waals surface area (Å²) >= 11 is 0. The van der Waals surface area contributed by atoms with E-state index in [0.29, 0.717) is 0 Å². The Morgan fingerprint density at radius 2 is 1.76 bits per heavy atom. The molecule has 1 aromatic carbocycles. The van der Waals surface area contributed by atoms with Gasteiger partial charge in [0.15, 0.2) is 0 Å². The van der Waals surface area contributed by atoms with Crippen LogP contribution in [0.2, 0.25) is 0 Å². The lowest BCUT2D eigenvalue weighted by Crippen LogP contribution is -2.31. The molecule has 0 atom stereocenters. The number of amides is 1. The standard InChI is InChI=1S/C17H21N3O/c21-17(20-10-3-1-2-4-11-20)16-7-5-15(6-8-16)13-19-12-9-18-14-19/h5-9,12,14H,1-4,10-11,13H2. The van der Waals surface area contributed by atoms with Crippen LogP contribution in [0.1, 0.15) is 41.6 Å². The highest BCUT2D eigenvalue weighted by Gasteiger charge is 2.16.